The number of hydrogen-bond donors (Lipinski definition) is 2. The Morgan fingerprint density at radius 1 is 1.40 bits per heavy atom. The summed E-state index contributed by atoms with van der Waals surface area (Å²) in [5.74, 6) is 0.0785. The molecule has 0 aliphatic carbocycles. The third-order valence-corrected chi connectivity index (χ3v) is 2.00. The van der Waals surface area contributed by atoms with Crippen LogP contribution in [0.4, 0.5) is 0 Å². The third kappa shape index (κ3) is 2.38. The minimum absolute atomic E-state index is 0.296. The first-order chi connectivity index (χ1) is 7.10. The van der Waals surface area contributed by atoms with E-state index in [9.17, 15) is 9.90 Å². The zero-order valence-corrected chi connectivity index (χ0v) is 8.56. The van der Waals surface area contributed by atoms with Crippen LogP contribution in [0.25, 0.3) is 0 Å². The Kier molecular flexibility index (Phi) is 3.51. The monoisotopic (exact) mass is 211 g/mol. The predicted molar refractivity (Wildman–Crippen MR) is 53.7 cm³/mol. The summed E-state index contributed by atoms with van der Waals surface area (Å²) >= 11 is 0. The van der Waals surface area contributed by atoms with Gasteiger partial charge in [0.1, 0.15) is 11.5 Å². The lowest BCUT2D eigenvalue weighted by Gasteiger charge is -2.13. The first kappa shape index (κ1) is 11.3. The molecular formula is C10H13NO4. The van der Waals surface area contributed by atoms with Crippen LogP contribution < -0.4 is 15.2 Å². The highest BCUT2D eigenvalue weighted by molar-refractivity contribution is 5.81. The molecule has 3 N–H and O–H groups in total. The Balaban J connectivity index is 3.16. The largest absolute Gasteiger partial charge is 0.497 e. The van der Waals surface area contributed by atoms with Crippen molar-refractivity contribution in [3.63, 3.8) is 0 Å². The smallest absolute Gasteiger partial charge is 0.251 e. The molecular weight excluding hydrogens is 198 g/mol. The summed E-state index contributed by atoms with van der Waals surface area (Å²) in [6.07, 6.45) is -1.39. The van der Waals surface area contributed by atoms with Crippen molar-refractivity contribution < 1.29 is 19.4 Å². The predicted octanol–water partition coefficient (Wildman–Crippen LogP) is 0.222. The van der Waals surface area contributed by atoms with Gasteiger partial charge in [-0.15, -0.1) is 0 Å². The van der Waals surface area contributed by atoms with Gasteiger partial charge < -0.3 is 20.3 Å². The van der Waals surface area contributed by atoms with Crippen molar-refractivity contribution in [2.45, 2.75) is 6.10 Å². The minimum atomic E-state index is -1.39. The summed E-state index contributed by atoms with van der Waals surface area (Å²) in [6, 6.07) is 4.77. The van der Waals surface area contributed by atoms with Gasteiger partial charge >= 0.3 is 0 Å². The van der Waals surface area contributed by atoms with Gasteiger partial charge in [0.2, 0.25) is 0 Å². The fourth-order valence-electron chi connectivity index (χ4n) is 1.21. The average molecular weight is 211 g/mol. The molecule has 1 aromatic rings. The van der Waals surface area contributed by atoms with E-state index in [1.807, 2.05) is 0 Å². The maximum Gasteiger partial charge on any atom is 0.251 e. The highest BCUT2D eigenvalue weighted by Gasteiger charge is 2.19. The molecule has 0 aliphatic heterocycles. The van der Waals surface area contributed by atoms with Crippen molar-refractivity contribution in [1.82, 2.24) is 0 Å². The van der Waals surface area contributed by atoms with Crippen LogP contribution in [0, 0.1) is 0 Å². The van der Waals surface area contributed by atoms with Gasteiger partial charge in [0.25, 0.3) is 5.91 Å². The highest BCUT2D eigenvalue weighted by Crippen LogP contribution is 2.28. The Morgan fingerprint density at radius 3 is 2.53 bits per heavy atom. The lowest BCUT2D eigenvalue weighted by Crippen LogP contribution is -2.21. The number of carbonyl (C=O) groups excluding carboxylic acids is 1. The van der Waals surface area contributed by atoms with Gasteiger partial charge in [0, 0.05) is 5.56 Å². The summed E-state index contributed by atoms with van der Waals surface area (Å²) in [5, 5.41) is 9.52. The number of rotatable bonds is 4. The van der Waals surface area contributed by atoms with Gasteiger partial charge in [-0.3, -0.25) is 4.79 Å². The quantitative estimate of drug-likeness (QED) is 0.746. The van der Waals surface area contributed by atoms with Gasteiger partial charge in [-0.25, -0.2) is 0 Å². The zero-order valence-electron chi connectivity index (χ0n) is 8.56. The Bertz CT molecular complexity index is 364. The van der Waals surface area contributed by atoms with Crippen molar-refractivity contribution in [1.29, 1.82) is 0 Å². The summed E-state index contributed by atoms with van der Waals surface area (Å²) in [4.78, 5) is 10.8. The standard InChI is InChI=1S/C10H13NO4/c1-14-6-3-4-8(15-2)7(5-6)9(12)10(11)13/h3-5,9,12H,1-2H3,(H2,11,13). The molecule has 0 aromatic heterocycles. The van der Waals surface area contributed by atoms with E-state index in [0.717, 1.165) is 0 Å². The van der Waals surface area contributed by atoms with Crippen molar-refractivity contribution in [2.24, 2.45) is 5.73 Å². The van der Waals surface area contributed by atoms with E-state index < -0.39 is 12.0 Å². The maximum atomic E-state index is 10.8. The van der Waals surface area contributed by atoms with Crippen LogP contribution in [0.3, 0.4) is 0 Å². The van der Waals surface area contributed by atoms with Crippen LogP contribution in [0.15, 0.2) is 18.2 Å². The van der Waals surface area contributed by atoms with Gasteiger partial charge in [0.15, 0.2) is 6.10 Å². The molecule has 1 atom stereocenters. The number of ether oxygens (including phenoxy) is 2. The Labute approximate surface area is 87.4 Å². The van der Waals surface area contributed by atoms with Gasteiger partial charge in [0.05, 0.1) is 14.2 Å². The average Bonchev–Trinajstić information content (AvgIpc) is 2.27. The van der Waals surface area contributed by atoms with Crippen LogP contribution in [0.5, 0.6) is 11.5 Å². The second-order valence-electron chi connectivity index (χ2n) is 2.91. The Hall–Kier alpha value is -1.75. The maximum absolute atomic E-state index is 10.8. The van der Waals surface area contributed by atoms with E-state index in [4.69, 9.17) is 15.2 Å². The fourth-order valence-corrected chi connectivity index (χ4v) is 1.21. The number of methoxy groups -OCH3 is 2. The Morgan fingerprint density at radius 2 is 2.07 bits per heavy atom. The molecule has 0 heterocycles. The molecule has 5 heteroatoms. The molecule has 1 amide bonds. The SMILES string of the molecule is COc1ccc(OC)c(C(O)C(N)=O)c1. The van der Waals surface area contributed by atoms with Gasteiger partial charge in [-0.2, -0.15) is 0 Å². The summed E-state index contributed by atoms with van der Waals surface area (Å²) in [5.41, 5.74) is 5.29. The highest BCUT2D eigenvalue weighted by atomic mass is 16.5. The molecule has 0 bridgehead atoms. The zero-order chi connectivity index (χ0) is 11.4. The number of primary amides is 1. The van der Waals surface area contributed by atoms with Crippen molar-refractivity contribution in [2.75, 3.05) is 14.2 Å². The topological polar surface area (TPSA) is 81.8 Å². The number of nitrogens with two attached hydrogens (primary N) is 1. The van der Waals surface area contributed by atoms with Gasteiger partial charge in [-0.05, 0) is 18.2 Å². The van der Waals surface area contributed by atoms with Crippen molar-refractivity contribution in [3.05, 3.63) is 23.8 Å². The lowest BCUT2D eigenvalue weighted by molar-refractivity contribution is -0.126. The molecule has 0 spiro atoms. The van der Waals surface area contributed by atoms with E-state index in [-0.39, 0.29) is 0 Å². The number of hydrogen-bond acceptors (Lipinski definition) is 4. The first-order valence-electron chi connectivity index (χ1n) is 4.29. The molecule has 0 radical (unpaired) electrons. The molecule has 0 saturated carbocycles. The van der Waals surface area contributed by atoms with Crippen LogP contribution >= 0.6 is 0 Å². The molecule has 15 heavy (non-hydrogen) atoms. The fraction of sp³-hybridized carbons (Fsp3) is 0.300. The second kappa shape index (κ2) is 4.65. The van der Waals surface area contributed by atoms with Crippen molar-refractivity contribution >= 4 is 5.91 Å². The number of aliphatic hydroxyl groups excluding tert-OH is 1. The van der Waals surface area contributed by atoms with Crippen LogP contribution in [0.1, 0.15) is 11.7 Å². The van der Waals surface area contributed by atoms with E-state index in [2.05, 4.69) is 0 Å². The molecule has 0 aliphatic rings. The van der Waals surface area contributed by atoms with Crippen LogP contribution in [0.2, 0.25) is 0 Å². The van der Waals surface area contributed by atoms with E-state index in [0.29, 0.717) is 17.1 Å². The molecule has 1 unspecified atom stereocenters. The number of aliphatic hydroxyl groups is 1. The number of amides is 1. The van der Waals surface area contributed by atoms with Crippen LogP contribution in [-0.4, -0.2) is 25.2 Å². The summed E-state index contributed by atoms with van der Waals surface area (Å²) in [7, 11) is 2.93. The summed E-state index contributed by atoms with van der Waals surface area (Å²) in [6.45, 7) is 0. The van der Waals surface area contributed by atoms with E-state index in [1.54, 1.807) is 12.1 Å². The third-order valence-electron chi connectivity index (χ3n) is 2.00. The molecule has 1 rings (SSSR count). The molecule has 82 valence electrons. The molecule has 0 saturated heterocycles. The van der Waals surface area contributed by atoms with E-state index in [1.165, 1.54) is 20.3 Å². The minimum Gasteiger partial charge on any atom is -0.497 e. The first-order valence-corrected chi connectivity index (χ1v) is 4.29. The van der Waals surface area contributed by atoms with E-state index >= 15 is 0 Å². The normalized spacial score (nSPS) is 11.9. The van der Waals surface area contributed by atoms with Crippen LogP contribution in [-0.2, 0) is 4.79 Å². The van der Waals surface area contributed by atoms with Crippen molar-refractivity contribution in [3.8, 4) is 11.5 Å². The molecule has 5 nitrogen and oxygen atoms in total. The second-order valence-corrected chi connectivity index (χ2v) is 2.91. The number of benzene rings is 1. The molecule has 1 aromatic carbocycles. The summed E-state index contributed by atoms with van der Waals surface area (Å²) < 4.78 is 9.96. The number of carbonyl (C=O) groups is 1. The van der Waals surface area contributed by atoms with Gasteiger partial charge in [-0.1, -0.05) is 0 Å². The molecule has 0 fully saturated rings. The lowest BCUT2D eigenvalue weighted by atomic mass is 10.1.